The molecular weight excluding hydrogens is 360 g/mol. The van der Waals surface area contributed by atoms with E-state index in [2.05, 4.69) is 26.3 Å². The third-order valence-corrected chi connectivity index (χ3v) is 5.62. The van der Waals surface area contributed by atoms with Crippen molar-refractivity contribution in [2.24, 2.45) is 5.92 Å². The van der Waals surface area contributed by atoms with E-state index in [1.807, 2.05) is 31.2 Å². The largest absolute Gasteiger partial charge is 0.379 e. The first kappa shape index (κ1) is 18.0. The van der Waals surface area contributed by atoms with Gasteiger partial charge in [-0.15, -0.1) is 0 Å². The second-order valence-corrected chi connectivity index (χ2v) is 7.85. The summed E-state index contributed by atoms with van der Waals surface area (Å²) in [4.78, 5) is 24.2. The number of hydrogen-bond donors (Lipinski definition) is 2. The minimum atomic E-state index is 0.00636. The minimum absolute atomic E-state index is 0.00636. The molecule has 2 atom stereocenters. The fourth-order valence-corrected chi connectivity index (χ4v) is 4.03. The zero-order valence-electron chi connectivity index (χ0n) is 15.1. The lowest BCUT2D eigenvalue weighted by Crippen LogP contribution is -2.41. The Labute approximate surface area is 162 Å². The van der Waals surface area contributed by atoms with Crippen LogP contribution >= 0.6 is 11.8 Å². The van der Waals surface area contributed by atoms with Gasteiger partial charge in [0, 0.05) is 18.3 Å². The van der Waals surface area contributed by atoms with E-state index in [-0.39, 0.29) is 17.9 Å². The Morgan fingerprint density at radius 3 is 3.00 bits per heavy atom. The fraction of sp³-hybridized carbons (Fsp3) is 0.350. The average Bonchev–Trinajstić information content (AvgIpc) is 3.27. The summed E-state index contributed by atoms with van der Waals surface area (Å²) in [6.07, 6.45) is 4.47. The number of nitrogens with zero attached hydrogens (tertiary/aromatic N) is 2. The van der Waals surface area contributed by atoms with Gasteiger partial charge in [0.25, 0.3) is 0 Å². The quantitative estimate of drug-likeness (QED) is 0.641. The molecule has 2 aromatic heterocycles. The highest BCUT2D eigenvalue weighted by Crippen LogP contribution is 2.22. The molecule has 6 nitrogen and oxygen atoms in total. The molecule has 3 aromatic rings. The van der Waals surface area contributed by atoms with Crippen molar-refractivity contribution in [2.45, 2.75) is 24.5 Å². The Hall–Kier alpha value is -2.38. The maximum absolute atomic E-state index is 12.4. The smallest absolute Gasteiger partial charge is 0.230 e. The molecule has 0 radical (unpaired) electrons. The van der Waals surface area contributed by atoms with Crippen molar-refractivity contribution in [3.8, 4) is 0 Å². The van der Waals surface area contributed by atoms with Gasteiger partial charge >= 0.3 is 0 Å². The molecule has 0 saturated carbocycles. The number of hydrogen-bond acceptors (Lipinski definition) is 5. The molecule has 0 aliphatic carbocycles. The summed E-state index contributed by atoms with van der Waals surface area (Å²) in [6, 6.07) is 10.2. The number of carbonyl (C=O) groups excluding carboxylic acids is 1. The topological polar surface area (TPSA) is 79.9 Å². The van der Waals surface area contributed by atoms with Crippen molar-refractivity contribution < 1.29 is 9.53 Å². The number of thioether (sulfide) groups is 1. The molecule has 1 amide bonds. The summed E-state index contributed by atoms with van der Waals surface area (Å²) < 4.78 is 5.60. The molecule has 1 saturated heterocycles. The molecule has 140 valence electrons. The van der Waals surface area contributed by atoms with Crippen LogP contribution in [0, 0.1) is 12.8 Å². The lowest BCUT2D eigenvalue weighted by atomic mass is 9.95. The van der Waals surface area contributed by atoms with Gasteiger partial charge in [-0.2, -0.15) is 0 Å². The number of pyridine rings is 1. The van der Waals surface area contributed by atoms with E-state index in [1.165, 1.54) is 22.9 Å². The van der Waals surface area contributed by atoms with Crippen LogP contribution in [0.1, 0.15) is 11.1 Å². The molecule has 3 heterocycles. The Morgan fingerprint density at radius 2 is 2.15 bits per heavy atom. The van der Waals surface area contributed by atoms with Crippen LogP contribution in [0.4, 0.5) is 0 Å². The summed E-state index contributed by atoms with van der Waals surface area (Å²) in [5, 5.41) is 3.89. The van der Waals surface area contributed by atoms with Crippen molar-refractivity contribution in [1.82, 2.24) is 20.3 Å². The van der Waals surface area contributed by atoms with Crippen LogP contribution < -0.4 is 5.32 Å². The third-order valence-electron chi connectivity index (χ3n) is 4.75. The van der Waals surface area contributed by atoms with Gasteiger partial charge in [-0.3, -0.25) is 9.78 Å². The van der Waals surface area contributed by atoms with E-state index in [0.29, 0.717) is 19.0 Å². The van der Waals surface area contributed by atoms with Crippen molar-refractivity contribution in [1.29, 1.82) is 0 Å². The van der Waals surface area contributed by atoms with Crippen LogP contribution in [0.2, 0.25) is 0 Å². The van der Waals surface area contributed by atoms with Crippen molar-refractivity contribution >= 4 is 28.7 Å². The average molecular weight is 382 g/mol. The van der Waals surface area contributed by atoms with E-state index in [4.69, 9.17) is 4.74 Å². The summed E-state index contributed by atoms with van der Waals surface area (Å²) in [6.45, 7) is 3.28. The lowest BCUT2D eigenvalue weighted by molar-refractivity contribution is -0.119. The molecule has 27 heavy (non-hydrogen) atoms. The van der Waals surface area contributed by atoms with Gasteiger partial charge in [0.2, 0.25) is 5.91 Å². The number of ether oxygens (including phenoxy) is 1. The monoisotopic (exact) mass is 382 g/mol. The highest BCUT2D eigenvalue weighted by atomic mass is 32.2. The first-order valence-electron chi connectivity index (χ1n) is 9.02. The molecule has 1 aromatic carbocycles. The first-order valence-corrected chi connectivity index (χ1v) is 10.0. The van der Waals surface area contributed by atoms with Gasteiger partial charge in [-0.25, -0.2) is 4.98 Å². The number of amides is 1. The van der Waals surface area contributed by atoms with Crippen LogP contribution in [-0.4, -0.2) is 45.9 Å². The number of aromatic nitrogens is 3. The summed E-state index contributed by atoms with van der Waals surface area (Å²) in [7, 11) is 0. The summed E-state index contributed by atoms with van der Waals surface area (Å²) in [5.41, 5.74) is 4.32. The number of aryl methyl sites for hydroxylation is 1. The number of H-pyrrole nitrogens is 1. The second-order valence-electron chi connectivity index (χ2n) is 6.88. The summed E-state index contributed by atoms with van der Waals surface area (Å²) in [5.74, 6) is 0.625. The molecule has 0 spiro atoms. The van der Waals surface area contributed by atoms with E-state index >= 15 is 0 Å². The number of aromatic amines is 1. The van der Waals surface area contributed by atoms with Gasteiger partial charge in [0.1, 0.15) is 0 Å². The molecular formula is C20H22N4O2S. The molecule has 7 heteroatoms. The number of imidazole rings is 1. The molecule has 1 fully saturated rings. The lowest BCUT2D eigenvalue weighted by Gasteiger charge is -2.19. The van der Waals surface area contributed by atoms with Gasteiger partial charge in [0.15, 0.2) is 5.16 Å². The SMILES string of the molecule is Cc1ccc2nc(SCC(=O)N[C@@H]3COC[C@H]3Cc3ccncc3)[nH]c2c1. The van der Waals surface area contributed by atoms with Crippen LogP contribution in [0.15, 0.2) is 47.9 Å². The first-order chi connectivity index (χ1) is 13.2. The number of carbonyl (C=O) groups is 1. The van der Waals surface area contributed by atoms with Crippen LogP contribution in [-0.2, 0) is 16.0 Å². The number of benzene rings is 1. The van der Waals surface area contributed by atoms with Crippen molar-refractivity contribution in [3.63, 3.8) is 0 Å². The van der Waals surface area contributed by atoms with E-state index in [1.54, 1.807) is 12.4 Å². The highest BCUT2D eigenvalue weighted by molar-refractivity contribution is 7.99. The van der Waals surface area contributed by atoms with E-state index < -0.39 is 0 Å². The van der Waals surface area contributed by atoms with Gasteiger partial charge < -0.3 is 15.0 Å². The minimum Gasteiger partial charge on any atom is -0.379 e. The molecule has 0 unspecified atom stereocenters. The van der Waals surface area contributed by atoms with Gasteiger partial charge in [-0.05, 0) is 48.7 Å². The van der Waals surface area contributed by atoms with E-state index in [0.717, 1.165) is 22.6 Å². The molecule has 1 aliphatic heterocycles. The molecule has 2 N–H and O–H groups in total. The van der Waals surface area contributed by atoms with Gasteiger partial charge in [0.05, 0.1) is 36.0 Å². The maximum Gasteiger partial charge on any atom is 0.230 e. The molecule has 1 aliphatic rings. The zero-order valence-corrected chi connectivity index (χ0v) is 16.0. The standard InChI is InChI=1S/C20H22N4O2S/c1-13-2-3-16-17(8-13)24-20(23-16)27-12-19(25)22-18-11-26-10-15(18)9-14-4-6-21-7-5-14/h2-8,15,18H,9-12H2,1H3,(H,22,25)(H,23,24)/t15-,18-/m1/s1. The van der Waals surface area contributed by atoms with E-state index in [9.17, 15) is 4.79 Å². The van der Waals surface area contributed by atoms with Crippen LogP contribution in [0.5, 0.6) is 0 Å². The maximum atomic E-state index is 12.4. The second kappa shape index (κ2) is 8.10. The van der Waals surface area contributed by atoms with Crippen molar-refractivity contribution in [3.05, 3.63) is 53.9 Å². The Kier molecular flexibility index (Phi) is 5.40. The number of rotatable bonds is 6. The predicted octanol–water partition coefficient (Wildman–Crippen LogP) is 2.73. The Bertz CT molecular complexity index is 928. The predicted molar refractivity (Wildman–Crippen MR) is 106 cm³/mol. The van der Waals surface area contributed by atoms with Crippen LogP contribution in [0.3, 0.4) is 0 Å². The number of fused-ring (bicyclic) bond motifs is 1. The number of nitrogens with one attached hydrogen (secondary N) is 2. The van der Waals surface area contributed by atoms with Gasteiger partial charge in [-0.1, -0.05) is 17.8 Å². The highest BCUT2D eigenvalue weighted by Gasteiger charge is 2.29. The zero-order chi connectivity index (χ0) is 18.6. The fourth-order valence-electron chi connectivity index (χ4n) is 3.33. The normalized spacial score (nSPS) is 19.4. The third kappa shape index (κ3) is 4.48. The molecule has 0 bridgehead atoms. The van der Waals surface area contributed by atoms with Crippen molar-refractivity contribution in [2.75, 3.05) is 19.0 Å². The molecule has 4 rings (SSSR count). The Morgan fingerprint density at radius 1 is 1.30 bits per heavy atom. The van der Waals surface area contributed by atoms with Crippen LogP contribution in [0.25, 0.3) is 11.0 Å². The summed E-state index contributed by atoms with van der Waals surface area (Å²) >= 11 is 1.42. The Balaban J connectivity index is 1.31.